The lowest BCUT2D eigenvalue weighted by molar-refractivity contribution is 0.614. The van der Waals surface area contributed by atoms with Crippen LogP contribution in [0.4, 0.5) is 4.39 Å². The van der Waals surface area contributed by atoms with Gasteiger partial charge in [-0.3, -0.25) is 0 Å². The highest BCUT2D eigenvalue weighted by atomic mass is 19.1. The standard InChI is InChI=1S/C26H33F/c1-10-22(11-2)25(17(4)5)20(8)19(7)16-23(12-3)21(9)24-15-13-14-18(6)26(24)27/h10-11,13-16H,1,8,12H2,2-7,9H3/b19-16-,22-11+,23-21+. The largest absolute Gasteiger partial charge is 0.206 e. The van der Waals surface area contributed by atoms with E-state index in [-0.39, 0.29) is 5.82 Å². The topological polar surface area (TPSA) is 0 Å². The average Bonchev–Trinajstić information content (AvgIpc) is 2.64. The van der Waals surface area contributed by atoms with Gasteiger partial charge in [-0.2, -0.15) is 0 Å². The highest BCUT2D eigenvalue weighted by molar-refractivity contribution is 5.71. The number of hydrogen-bond acceptors (Lipinski definition) is 0. The first kappa shape index (κ1) is 22.6. The normalized spacial score (nSPS) is 13.2. The van der Waals surface area contributed by atoms with Crippen molar-refractivity contribution in [1.29, 1.82) is 0 Å². The summed E-state index contributed by atoms with van der Waals surface area (Å²) in [6.07, 6.45) is 6.88. The molecule has 0 aliphatic heterocycles. The average molecular weight is 365 g/mol. The molecule has 27 heavy (non-hydrogen) atoms. The van der Waals surface area contributed by atoms with Crippen LogP contribution in [0.5, 0.6) is 0 Å². The molecule has 0 aromatic heterocycles. The number of hydrogen-bond donors (Lipinski definition) is 0. The summed E-state index contributed by atoms with van der Waals surface area (Å²) in [4.78, 5) is 0. The molecule has 144 valence electrons. The first-order valence-electron chi connectivity index (χ1n) is 9.49. The van der Waals surface area contributed by atoms with Gasteiger partial charge in [0.25, 0.3) is 0 Å². The lowest BCUT2D eigenvalue weighted by atomic mass is 9.88. The summed E-state index contributed by atoms with van der Waals surface area (Å²) < 4.78 is 14.6. The molecule has 0 heterocycles. The Morgan fingerprint density at radius 1 is 1.15 bits per heavy atom. The summed E-state index contributed by atoms with van der Waals surface area (Å²) >= 11 is 0. The molecule has 1 aromatic carbocycles. The van der Waals surface area contributed by atoms with Gasteiger partial charge in [-0.15, -0.1) is 0 Å². The molecule has 0 aliphatic carbocycles. The van der Waals surface area contributed by atoms with E-state index in [1.165, 1.54) is 5.57 Å². The lowest BCUT2D eigenvalue weighted by Crippen LogP contribution is -1.98. The van der Waals surface area contributed by atoms with Crippen LogP contribution in [0.15, 0.2) is 83.0 Å². The van der Waals surface area contributed by atoms with Crippen molar-refractivity contribution in [2.75, 3.05) is 0 Å². The molecule has 0 saturated heterocycles. The van der Waals surface area contributed by atoms with Gasteiger partial charge in [-0.25, -0.2) is 4.39 Å². The van der Waals surface area contributed by atoms with Crippen LogP contribution < -0.4 is 0 Å². The van der Waals surface area contributed by atoms with Crippen LogP contribution >= 0.6 is 0 Å². The molecule has 0 nitrogen and oxygen atoms in total. The number of allylic oxidation sites excluding steroid dienone is 10. The van der Waals surface area contributed by atoms with E-state index >= 15 is 0 Å². The van der Waals surface area contributed by atoms with Crippen LogP contribution in [-0.4, -0.2) is 0 Å². The van der Waals surface area contributed by atoms with Crippen molar-refractivity contribution >= 4 is 5.57 Å². The van der Waals surface area contributed by atoms with Crippen LogP contribution in [-0.2, 0) is 0 Å². The van der Waals surface area contributed by atoms with Crippen molar-refractivity contribution in [3.05, 3.63) is 100.0 Å². The minimum absolute atomic E-state index is 0.140. The molecular formula is C26H33F. The predicted octanol–water partition coefficient (Wildman–Crippen LogP) is 8.29. The zero-order valence-electron chi connectivity index (χ0n) is 18.0. The van der Waals surface area contributed by atoms with Gasteiger partial charge in [0.1, 0.15) is 5.82 Å². The van der Waals surface area contributed by atoms with E-state index in [4.69, 9.17) is 0 Å². The molecule has 0 unspecified atom stereocenters. The Labute approximate surface area is 165 Å². The molecule has 1 rings (SSSR count). The van der Waals surface area contributed by atoms with Gasteiger partial charge >= 0.3 is 0 Å². The fourth-order valence-electron chi connectivity index (χ4n) is 3.26. The maximum atomic E-state index is 14.6. The zero-order chi connectivity index (χ0) is 20.7. The van der Waals surface area contributed by atoms with Crippen LogP contribution in [0.3, 0.4) is 0 Å². The third-order valence-electron chi connectivity index (χ3n) is 4.95. The second kappa shape index (κ2) is 10.1. The van der Waals surface area contributed by atoms with Crippen molar-refractivity contribution in [1.82, 2.24) is 0 Å². The third kappa shape index (κ3) is 5.29. The van der Waals surface area contributed by atoms with E-state index in [9.17, 15) is 4.39 Å². The molecule has 1 heteroatoms. The van der Waals surface area contributed by atoms with Crippen LogP contribution in [0.2, 0.25) is 0 Å². The number of aryl methyl sites for hydroxylation is 1. The van der Waals surface area contributed by atoms with Crippen LogP contribution in [0.1, 0.15) is 59.1 Å². The monoisotopic (exact) mass is 364 g/mol. The maximum Gasteiger partial charge on any atom is 0.133 e. The van der Waals surface area contributed by atoms with Gasteiger partial charge in [-0.05, 0) is 87.0 Å². The van der Waals surface area contributed by atoms with E-state index < -0.39 is 0 Å². The Morgan fingerprint density at radius 2 is 1.78 bits per heavy atom. The fourth-order valence-corrected chi connectivity index (χ4v) is 3.26. The molecule has 0 amide bonds. The van der Waals surface area contributed by atoms with E-state index in [2.05, 4.69) is 53.0 Å². The molecule has 0 fully saturated rings. The first-order chi connectivity index (χ1) is 12.7. The Bertz CT molecular complexity index is 850. The molecule has 0 radical (unpaired) electrons. The molecule has 0 atom stereocenters. The Morgan fingerprint density at radius 3 is 2.26 bits per heavy atom. The van der Waals surface area contributed by atoms with E-state index in [0.717, 1.165) is 39.9 Å². The van der Waals surface area contributed by atoms with Gasteiger partial charge in [0.15, 0.2) is 0 Å². The summed E-state index contributed by atoms with van der Waals surface area (Å²) in [7, 11) is 0. The molecule has 1 aromatic rings. The summed E-state index contributed by atoms with van der Waals surface area (Å²) in [5.41, 5.74) is 8.89. The Balaban J connectivity index is 3.48. The van der Waals surface area contributed by atoms with Crippen molar-refractivity contribution in [3.63, 3.8) is 0 Å². The maximum absolute atomic E-state index is 14.6. The fraction of sp³-hybridized carbons (Fsp3) is 0.308. The highest BCUT2D eigenvalue weighted by Crippen LogP contribution is 2.31. The third-order valence-corrected chi connectivity index (χ3v) is 4.95. The van der Waals surface area contributed by atoms with Crippen LogP contribution in [0.25, 0.3) is 5.57 Å². The minimum Gasteiger partial charge on any atom is -0.206 e. The van der Waals surface area contributed by atoms with Gasteiger partial charge in [0.05, 0.1) is 0 Å². The molecule has 0 N–H and O–H groups in total. The van der Waals surface area contributed by atoms with Crippen LogP contribution in [0, 0.1) is 12.7 Å². The van der Waals surface area contributed by atoms with Crippen molar-refractivity contribution in [2.45, 2.75) is 54.9 Å². The molecule has 0 aliphatic rings. The SMILES string of the molecule is C=C/C(=C\C)C(C(=C)/C(C)=C\C(CC)=C(/C)c1cccc(C)c1F)=C(C)C. The number of rotatable bonds is 7. The van der Waals surface area contributed by atoms with Gasteiger partial charge < -0.3 is 0 Å². The Hall–Kier alpha value is -2.41. The second-order valence-electron chi connectivity index (χ2n) is 7.07. The van der Waals surface area contributed by atoms with Crippen molar-refractivity contribution in [3.8, 4) is 0 Å². The van der Waals surface area contributed by atoms with E-state index in [1.807, 2.05) is 32.1 Å². The molecular weight excluding hydrogens is 331 g/mol. The number of halogens is 1. The molecule has 0 bridgehead atoms. The van der Waals surface area contributed by atoms with Crippen molar-refractivity contribution < 1.29 is 4.39 Å². The first-order valence-corrected chi connectivity index (χ1v) is 9.49. The minimum atomic E-state index is -0.140. The summed E-state index contributed by atoms with van der Waals surface area (Å²) in [6.45, 7) is 22.4. The second-order valence-corrected chi connectivity index (χ2v) is 7.07. The van der Waals surface area contributed by atoms with Gasteiger partial charge in [-0.1, -0.05) is 62.1 Å². The lowest BCUT2D eigenvalue weighted by Gasteiger charge is -2.17. The number of benzene rings is 1. The summed E-state index contributed by atoms with van der Waals surface area (Å²) in [6, 6.07) is 5.56. The van der Waals surface area contributed by atoms with Gasteiger partial charge in [0.2, 0.25) is 0 Å². The predicted molar refractivity (Wildman–Crippen MR) is 119 cm³/mol. The summed E-state index contributed by atoms with van der Waals surface area (Å²) in [5.74, 6) is -0.140. The molecule has 0 spiro atoms. The van der Waals surface area contributed by atoms with E-state index in [0.29, 0.717) is 11.1 Å². The quantitative estimate of drug-likeness (QED) is 0.427. The smallest absolute Gasteiger partial charge is 0.133 e. The van der Waals surface area contributed by atoms with E-state index in [1.54, 1.807) is 13.0 Å². The van der Waals surface area contributed by atoms with Crippen molar-refractivity contribution in [2.24, 2.45) is 0 Å². The highest BCUT2D eigenvalue weighted by Gasteiger charge is 2.12. The Kier molecular flexibility index (Phi) is 8.43. The summed E-state index contributed by atoms with van der Waals surface area (Å²) in [5, 5.41) is 0. The zero-order valence-corrected chi connectivity index (χ0v) is 18.0. The van der Waals surface area contributed by atoms with Gasteiger partial charge in [0, 0.05) is 5.56 Å². The molecule has 0 saturated carbocycles.